The zero-order valence-corrected chi connectivity index (χ0v) is 9.14. The average Bonchev–Trinajstić information content (AvgIpc) is 2.52. The van der Waals surface area contributed by atoms with Gasteiger partial charge < -0.3 is 4.74 Å². The predicted molar refractivity (Wildman–Crippen MR) is 51.5 cm³/mol. The number of nitrogens with zero attached hydrogens (tertiary/aromatic N) is 1. The minimum atomic E-state index is -3.13. The van der Waals surface area contributed by atoms with Crippen molar-refractivity contribution < 1.29 is 13.2 Å². The van der Waals surface area contributed by atoms with E-state index in [0.29, 0.717) is 13.1 Å². The summed E-state index contributed by atoms with van der Waals surface area (Å²) in [7, 11) is -1.53. The molecule has 0 saturated carbocycles. The van der Waals surface area contributed by atoms with E-state index in [1.54, 1.807) is 7.11 Å². The maximum absolute atomic E-state index is 11.5. The number of methoxy groups -OCH3 is 1. The summed E-state index contributed by atoms with van der Waals surface area (Å²) in [5.41, 5.74) is 0. The number of halogens is 1. The molecule has 0 aliphatic carbocycles. The van der Waals surface area contributed by atoms with Crippen LogP contribution in [0.1, 0.15) is 6.42 Å². The van der Waals surface area contributed by atoms with Gasteiger partial charge in [0.05, 0.1) is 11.9 Å². The molecule has 1 rings (SSSR count). The molecule has 1 aliphatic heterocycles. The van der Waals surface area contributed by atoms with Crippen LogP contribution in [0.3, 0.4) is 0 Å². The van der Waals surface area contributed by atoms with Crippen molar-refractivity contribution in [1.82, 2.24) is 4.31 Å². The first-order chi connectivity index (χ1) is 6.10. The summed E-state index contributed by atoms with van der Waals surface area (Å²) in [6.45, 7) is 1.02. The van der Waals surface area contributed by atoms with Gasteiger partial charge in [-0.2, -0.15) is 4.31 Å². The molecule has 0 aromatic rings. The maximum Gasteiger partial charge on any atom is 0.215 e. The third-order valence-corrected chi connectivity index (χ3v) is 4.42. The quantitative estimate of drug-likeness (QED) is 0.648. The first-order valence-electron chi connectivity index (χ1n) is 4.16. The maximum atomic E-state index is 11.5. The van der Waals surface area contributed by atoms with Crippen molar-refractivity contribution in [3.8, 4) is 0 Å². The van der Waals surface area contributed by atoms with Crippen LogP contribution in [0.4, 0.5) is 0 Å². The normalized spacial score (nSPS) is 25.2. The van der Waals surface area contributed by atoms with Gasteiger partial charge >= 0.3 is 0 Å². The van der Waals surface area contributed by atoms with Crippen LogP contribution in [0.2, 0.25) is 0 Å². The van der Waals surface area contributed by atoms with Crippen LogP contribution in [0.15, 0.2) is 0 Å². The molecule has 0 aromatic heterocycles. The Balaban J connectivity index is 2.55. The van der Waals surface area contributed by atoms with Crippen molar-refractivity contribution in [2.45, 2.75) is 12.5 Å². The van der Waals surface area contributed by atoms with Crippen LogP contribution in [0.5, 0.6) is 0 Å². The van der Waals surface area contributed by atoms with Gasteiger partial charge in [0.25, 0.3) is 0 Å². The predicted octanol–water partition coefficient (Wildman–Crippen LogP) is 0.276. The van der Waals surface area contributed by atoms with E-state index in [0.717, 1.165) is 6.42 Å². The lowest BCUT2D eigenvalue weighted by atomic mass is 10.3. The van der Waals surface area contributed by atoms with Crippen molar-refractivity contribution in [3.63, 3.8) is 0 Å². The molecule has 1 saturated heterocycles. The first-order valence-corrected chi connectivity index (χ1v) is 6.31. The summed E-state index contributed by atoms with van der Waals surface area (Å²) >= 11 is 5.40. The molecular formula is C7H14ClNO3S. The number of alkyl halides is 1. The molecule has 1 aliphatic rings. The molecular weight excluding hydrogens is 214 g/mol. The molecule has 0 radical (unpaired) electrons. The minimum Gasteiger partial charge on any atom is -0.380 e. The Morgan fingerprint density at radius 3 is 2.77 bits per heavy atom. The number of ether oxygens (including phenoxy) is 1. The fourth-order valence-corrected chi connectivity index (χ4v) is 3.18. The highest BCUT2D eigenvalue weighted by Crippen LogP contribution is 2.16. The van der Waals surface area contributed by atoms with Gasteiger partial charge in [-0.05, 0) is 6.42 Å². The third-order valence-electron chi connectivity index (χ3n) is 2.17. The van der Waals surface area contributed by atoms with Crippen molar-refractivity contribution >= 4 is 21.6 Å². The Morgan fingerprint density at radius 2 is 2.31 bits per heavy atom. The van der Waals surface area contributed by atoms with Crippen molar-refractivity contribution in [2.24, 2.45) is 0 Å². The highest BCUT2D eigenvalue weighted by molar-refractivity contribution is 7.89. The van der Waals surface area contributed by atoms with E-state index in [2.05, 4.69) is 0 Å². The summed E-state index contributed by atoms with van der Waals surface area (Å²) in [6, 6.07) is 0. The smallest absolute Gasteiger partial charge is 0.215 e. The SMILES string of the molecule is COC1CCN(S(=O)(=O)CCCl)C1. The van der Waals surface area contributed by atoms with E-state index < -0.39 is 10.0 Å². The Kier molecular flexibility index (Phi) is 3.97. The zero-order valence-electron chi connectivity index (χ0n) is 7.57. The van der Waals surface area contributed by atoms with Crippen molar-refractivity contribution in [1.29, 1.82) is 0 Å². The minimum absolute atomic E-state index is 0.0188. The van der Waals surface area contributed by atoms with Crippen LogP contribution in [0.25, 0.3) is 0 Å². The second kappa shape index (κ2) is 4.59. The molecule has 6 heteroatoms. The standard InChI is InChI=1S/C7H14ClNO3S/c1-12-7-2-4-9(6-7)13(10,11)5-3-8/h7H,2-6H2,1H3. The van der Waals surface area contributed by atoms with Gasteiger partial charge in [0.2, 0.25) is 10.0 Å². The Bertz CT molecular complexity index is 254. The highest BCUT2D eigenvalue weighted by atomic mass is 35.5. The Hall–Kier alpha value is 0.160. The van der Waals surface area contributed by atoms with Crippen LogP contribution >= 0.6 is 11.6 Å². The van der Waals surface area contributed by atoms with Crippen molar-refractivity contribution in [2.75, 3.05) is 31.8 Å². The monoisotopic (exact) mass is 227 g/mol. The van der Waals surface area contributed by atoms with E-state index in [1.807, 2.05) is 0 Å². The third kappa shape index (κ3) is 2.80. The topological polar surface area (TPSA) is 46.6 Å². The largest absolute Gasteiger partial charge is 0.380 e. The van der Waals surface area contributed by atoms with E-state index in [9.17, 15) is 8.42 Å². The number of hydrogen-bond donors (Lipinski definition) is 0. The molecule has 4 nitrogen and oxygen atoms in total. The molecule has 0 bridgehead atoms. The van der Waals surface area contributed by atoms with Gasteiger partial charge in [0, 0.05) is 26.1 Å². The second-order valence-corrected chi connectivity index (χ2v) is 5.48. The fourth-order valence-electron chi connectivity index (χ4n) is 1.37. The van der Waals surface area contributed by atoms with Crippen LogP contribution < -0.4 is 0 Å². The van der Waals surface area contributed by atoms with Gasteiger partial charge in [0.1, 0.15) is 0 Å². The summed E-state index contributed by atoms with van der Waals surface area (Å²) in [5.74, 6) is 0.168. The summed E-state index contributed by atoms with van der Waals surface area (Å²) < 4.78 is 29.5. The van der Waals surface area contributed by atoms with Gasteiger partial charge in [-0.1, -0.05) is 0 Å². The summed E-state index contributed by atoms with van der Waals surface area (Å²) in [4.78, 5) is 0. The van der Waals surface area contributed by atoms with Crippen molar-refractivity contribution in [3.05, 3.63) is 0 Å². The fraction of sp³-hybridized carbons (Fsp3) is 1.00. The summed E-state index contributed by atoms with van der Waals surface area (Å²) in [6.07, 6.45) is 0.822. The average molecular weight is 228 g/mol. The number of sulfonamides is 1. The van der Waals surface area contributed by atoms with Gasteiger partial charge in [-0.15, -0.1) is 11.6 Å². The molecule has 1 unspecified atom stereocenters. The first kappa shape index (κ1) is 11.2. The molecule has 1 heterocycles. The van der Waals surface area contributed by atoms with E-state index in [4.69, 9.17) is 16.3 Å². The lowest BCUT2D eigenvalue weighted by Crippen LogP contribution is -2.32. The van der Waals surface area contributed by atoms with Crippen LogP contribution in [-0.4, -0.2) is 50.7 Å². The molecule has 13 heavy (non-hydrogen) atoms. The van der Waals surface area contributed by atoms with E-state index >= 15 is 0 Å². The lowest BCUT2D eigenvalue weighted by molar-refractivity contribution is 0.115. The van der Waals surface area contributed by atoms with Crippen LogP contribution in [0, 0.1) is 0 Å². The Morgan fingerprint density at radius 1 is 1.62 bits per heavy atom. The van der Waals surface area contributed by atoms with E-state index in [-0.39, 0.29) is 17.7 Å². The van der Waals surface area contributed by atoms with Gasteiger partial charge in [0.15, 0.2) is 0 Å². The Labute approximate surface area is 83.9 Å². The van der Waals surface area contributed by atoms with E-state index in [1.165, 1.54) is 4.31 Å². The molecule has 0 spiro atoms. The molecule has 0 amide bonds. The van der Waals surface area contributed by atoms with Gasteiger partial charge in [-0.3, -0.25) is 0 Å². The van der Waals surface area contributed by atoms with Gasteiger partial charge in [-0.25, -0.2) is 8.42 Å². The highest BCUT2D eigenvalue weighted by Gasteiger charge is 2.30. The molecule has 1 atom stereocenters. The second-order valence-electron chi connectivity index (χ2n) is 3.01. The number of hydrogen-bond acceptors (Lipinski definition) is 3. The lowest BCUT2D eigenvalue weighted by Gasteiger charge is -2.14. The molecule has 78 valence electrons. The molecule has 0 N–H and O–H groups in total. The zero-order chi connectivity index (χ0) is 9.90. The van der Waals surface area contributed by atoms with Crippen LogP contribution in [-0.2, 0) is 14.8 Å². The number of rotatable bonds is 4. The molecule has 1 fully saturated rings. The summed E-state index contributed by atoms with van der Waals surface area (Å²) in [5, 5.41) is 0. The molecule has 0 aromatic carbocycles.